The Morgan fingerprint density at radius 1 is 1.38 bits per heavy atom. The Labute approximate surface area is 96.8 Å². The second-order valence-corrected chi connectivity index (χ2v) is 3.81. The maximum Gasteiger partial charge on any atom is 0.150 e. The van der Waals surface area contributed by atoms with Gasteiger partial charge < -0.3 is 10.1 Å². The molecule has 1 aromatic carbocycles. The fraction of sp³-hybridized carbons (Fsp3) is 0.462. The fourth-order valence-corrected chi connectivity index (χ4v) is 1.49. The van der Waals surface area contributed by atoms with Crippen molar-refractivity contribution in [3.05, 3.63) is 35.4 Å². The molecule has 1 aromatic rings. The Morgan fingerprint density at radius 2 is 2.12 bits per heavy atom. The van der Waals surface area contributed by atoms with E-state index >= 15 is 0 Å². The van der Waals surface area contributed by atoms with Crippen LogP contribution in [0.5, 0.6) is 0 Å². The third kappa shape index (κ3) is 4.55. The number of hydrogen-bond acceptors (Lipinski definition) is 3. The highest BCUT2D eigenvalue weighted by molar-refractivity contribution is 5.83. The summed E-state index contributed by atoms with van der Waals surface area (Å²) in [6.45, 7) is 3.80. The van der Waals surface area contributed by atoms with E-state index in [1.165, 1.54) is 5.56 Å². The summed E-state index contributed by atoms with van der Waals surface area (Å²) >= 11 is 0. The van der Waals surface area contributed by atoms with Gasteiger partial charge in [0.25, 0.3) is 0 Å². The topological polar surface area (TPSA) is 38.3 Å². The summed E-state index contributed by atoms with van der Waals surface area (Å²) in [5, 5.41) is 3.05. The van der Waals surface area contributed by atoms with Crippen molar-refractivity contribution < 1.29 is 9.53 Å². The lowest BCUT2D eigenvalue weighted by atomic mass is 10.0. The van der Waals surface area contributed by atoms with Crippen molar-refractivity contribution in [2.24, 2.45) is 0 Å². The lowest BCUT2D eigenvalue weighted by molar-refractivity contribution is -0.117. The zero-order valence-corrected chi connectivity index (χ0v) is 9.95. The van der Waals surface area contributed by atoms with Crippen LogP contribution in [-0.4, -0.2) is 32.6 Å². The van der Waals surface area contributed by atoms with Crippen molar-refractivity contribution in [2.45, 2.75) is 13.3 Å². The number of carbonyl (C=O) groups excluding carboxylic acids is 1. The van der Waals surface area contributed by atoms with Gasteiger partial charge in [0.2, 0.25) is 0 Å². The maximum atomic E-state index is 11.6. The van der Waals surface area contributed by atoms with Crippen LogP contribution in [0.1, 0.15) is 11.1 Å². The molecular weight excluding hydrogens is 202 g/mol. The molecule has 0 bridgehead atoms. The zero-order valence-electron chi connectivity index (χ0n) is 9.95. The van der Waals surface area contributed by atoms with Gasteiger partial charge in [-0.15, -0.1) is 0 Å². The molecule has 0 saturated heterocycles. The molecule has 0 spiro atoms. The van der Waals surface area contributed by atoms with Crippen LogP contribution in [0.3, 0.4) is 0 Å². The number of rotatable bonds is 7. The molecule has 88 valence electrons. The normalized spacial score (nSPS) is 10.4. The molecule has 0 aliphatic carbocycles. The van der Waals surface area contributed by atoms with E-state index in [0.29, 0.717) is 19.6 Å². The Bertz CT molecular complexity index is 336. The van der Waals surface area contributed by atoms with Crippen molar-refractivity contribution in [2.75, 3.05) is 26.8 Å². The molecule has 1 rings (SSSR count). The SMILES string of the molecule is COCCNCC(=O)Cc1ccccc1C. The van der Waals surface area contributed by atoms with Crippen molar-refractivity contribution in [1.29, 1.82) is 0 Å². The largest absolute Gasteiger partial charge is 0.383 e. The number of carbonyl (C=O) groups is 1. The molecule has 0 unspecified atom stereocenters. The minimum Gasteiger partial charge on any atom is -0.383 e. The summed E-state index contributed by atoms with van der Waals surface area (Å²) < 4.78 is 4.89. The highest BCUT2D eigenvalue weighted by Gasteiger charge is 2.04. The minimum atomic E-state index is 0.213. The molecule has 1 N–H and O–H groups in total. The summed E-state index contributed by atoms with van der Waals surface area (Å²) in [7, 11) is 1.65. The van der Waals surface area contributed by atoms with Crippen molar-refractivity contribution in [3.8, 4) is 0 Å². The number of aryl methyl sites for hydroxylation is 1. The van der Waals surface area contributed by atoms with E-state index in [-0.39, 0.29) is 5.78 Å². The van der Waals surface area contributed by atoms with E-state index in [9.17, 15) is 4.79 Å². The number of methoxy groups -OCH3 is 1. The summed E-state index contributed by atoms with van der Waals surface area (Å²) in [5.41, 5.74) is 2.29. The summed E-state index contributed by atoms with van der Waals surface area (Å²) in [6.07, 6.45) is 0.507. The first-order chi connectivity index (χ1) is 7.74. The fourth-order valence-electron chi connectivity index (χ4n) is 1.49. The van der Waals surface area contributed by atoms with Crippen molar-refractivity contribution in [1.82, 2.24) is 5.32 Å². The first-order valence-corrected chi connectivity index (χ1v) is 5.50. The summed E-state index contributed by atoms with van der Waals surface area (Å²) in [4.78, 5) is 11.6. The van der Waals surface area contributed by atoms with Gasteiger partial charge in [0.05, 0.1) is 13.2 Å². The Hall–Kier alpha value is -1.19. The number of benzene rings is 1. The van der Waals surface area contributed by atoms with Crippen LogP contribution in [-0.2, 0) is 16.0 Å². The van der Waals surface area contributed by atoms with Crippen LogP contribution in [0, 0.1) is 6.92 Å². The molecule has 0 aliphatic rings. The third-order valence-electron chi connectivity index (χ3n) is 2.45. The lowest BCUT2D eigenvalue weighted by Gasteiger charge is -2.05. The van der Waals surface area contributed by atoms with Crippen LogP contribution in [0.4, 0.5) is 0 Å². The van der Waals surface area contributed by atoms with E-state index in [2.05, 4.69) is 5.32 Å². The summed E-state index contributed by atoms with van der Waals surface area (Å²) in [6, 6.07) is 7.98. The molecule has 0 saturated carbocycles. The van der Waals surface area contributed by atoms with Gasteiger partial charge >= 0.3 is 0 Å². The quantitative estimate of drug-likeness (QED) is 0.706. The monoisotopic (exact) mass is 221 g/mol. The first-order valence-electron chi connectivity index (χ1n) is 5.50. The summed E-state index contributed by atoms with van der Waals surface area (Å²) in [5.74, 6) is 0.213. The van der Waals surface area contributed by atoms with Crippen LogP contribution >= 0.6 is 0 Å². The van der Waals surface area contributed by atoms with E-state index in [1.54, 1.807) is 7.11 Å². The lowest BCUT2D eigenvalue weighted by Crippen LogP contribution is -2.27. The van der Waals surface area contributed by atoms with Gasteiger partial charge in [-0.1, -0.05) is 24.3 Å². The third-order valence-corrected chi connectivity index (χ3v) is 2.45. The van der Waals surface area contributed by atoms with E-state index in [1.807, 2.05) is 31.2 Å². The number of ketones is 1. The molecule has 0 atom stereocenters. The molecule has 0 aromatic heterocycles. The van der Waals surface area contributed by atoms with Gasteiger partial charge in [0.1, 0.15) is 0 Å². The predicted molar refractivity (Wildman–Crippen MR) is 64.6 cm³/mol. The Morgan fingerprint density at radius 3 is 2.81 bits per heavy atom. The number of hydrogen-bond donors (Lipinski definition) is 1. The predicted octanol–water partition coefficient (Wildman–Crippen LogP) is 1.34. The van der Waals surface area contributed by atoms with Gasteiger partial charge in [-0.05, 0) is 18.1 Å². The zero-order chi connectivity index (χ0) is 11.8. The van der Waals surface area contributed by atoms with Crippen LogP contribution in [0.25, 0.3) is 0 Å². The average Bonchev–Trinajstić information content (AvgIpc) is 2.28. The molecule has 0 fully saturated rings. The number of nitrogens with one attached hydrogen (secondary N) is 1. The molecule has 0 radical (unpaired) electrons. The number of Topliss-reactive ketones (excluding diaryl/α,β-unsaturated/α-hetero) is 1. The first kappa shape index (κ1) is 12.9. The Kier molecular flexibility index (Phi) is 5.75. The second kappa shape index (κ2) is 7.14. The molecule has 0 amide bonds. The van der Waals surface area contributed by atoms with Crippen molar-refractivity contribution >= 4 is 5.78 Å². The molecular formula is C13H19NO2. The van der Waals surface area contributed by atoms with E-state index in [0.717, 1.165) is 12.1 Å². The second-order valence-electron chi connectivity index (χ2n) is 3.81. The van der Waals surface area contributed by atoms with Crippen molar-refractivity contribution in [3.63, 3.8) is 0 Å². The van der Waals surface area contributed by atoms with E-state index < -0.39 is 0 Å². The molecule has 0 heterocycles. The highest BCUT2D eigenvalue weighted by atomic mass is 16.5. The minimum absolute atomic E-state index is 0.213. The van der Waals surface area contributed by atoms with Gasteiger partial charge in [-0.25, -0.2) is 0 Å². The Balaban J connectivity index is 2.32. The highest BCUT2D eigenvalue weighted by Crippen LogP contribution is 2.07. The van der Waals surface area contributed by atoms with Gasteiger partial charge in [0, 0.05) is 20.1 Å². The van der Waals surface area contributed by atoms with E-state index in [4.69, 9.17) is 4.74 Å². The van der Waals surface area contributed by atoms with Gasteiger partial charge in [0.15, 0.2) is 5.78 Å². The molecule has 3 nitrogen and oxygen atoms in total. The molecule has 3 heteroatoms. The molecule has 0 aliphatic heterocycles. The number of ether oxygens (including phenoxy) is 1. The van der Waals surface area contributed by atoms with Crippen LogP contribution < -0.4 is 5.32 Å². The maximum absolute atomic E-state index is 11.6. The van der Waals surface area contributed by atoms with Gasteiger partial charge in [-0.3, -0.25) is 4.79 Å². The standard InChI is InChI=1S/C13H19NO2/c1-11-5-3-4-6-12(11)9-13(15)10-14-7-8-16-2/h3-6,14H,7-10H2,1-2H3. The molecule has 16 heavy (non-hydrogen) atoms. The smallest absolute Gasteiger partial charge is 0.150 e. The van der Waals surface area contributed by atoms with Crippen LogP contribution in [0.2, 0.25) is 0 Å². The van der Waals surface area contributed by atoms with Crippen LogP contribution in [0.15, 0.2) is 24.3 Å². The van der Waals surface area contributed by atoms with Gasteiger partial charge in [-0.2, -0.15) is 0 Å². The average molecular weight is 221 g/mol.